The summed E-state index contributed by atoms with van der Waals surface area (Å²) in [5.74, 6) is 2.21. The lowest BCUT2D eigenvalue weighted by molar-refractivity contribution is 0.930. The van der Waals surface area contributed by atoms with Crippen molar-refractivity contribution in [3.05, 3.63) is 119 Å². The number of aryl methyl sites for hydroxylation is 1. The van der Waals surface area contributed by atoms with E-state index in [0.29, 0.717) is 0 Å². The molecule has 0 amide bonds. The minimum atomic E-state index is 0.735. The fourth-order valence-electron chi connectivity index (χ4n) is 4.05. The van der Waals surface area contributed by atoms with Gasteiger partial charge in [-0.1, -0.05) is 85.0 Å². The van der Waals surface area contributed by atoms with E-state index < -0.39 is 0 Å². The van der Waals surface area contributed by atoms with Crippen LogP contribution in [-0.2, 0) is 0 Å². The monoisotopic (exact) mass is 389 g/mol. The van der Waals surface area contributed by atoms with Crippen LogP contribution in [0.3, 0.4) is 0 Å². The summed E-state index contributed by atoms with van der Waals surface area (Å²) in [5.41, 5.74) is 6.88. The van der Waals surface area contributed by atoms with Gasteiger partial charge in [0, 0.05) is 11.1 Å². The normalized spacial score (nSPS) is 17.5. The van der Waals surface area contributed by atoms with Gasteiger partial charge in [0.25, 0.3) is 0 Å². The first-order chi connectivity index (χ1) is 14.8. The molecular weight excluding hydrogens is 366 g/mol. The molecule has 1 aromatic heterocycles. The third kappa shape index (κ3) is 3.55. The number of allylic oxidation sites excluding steroid dienone is 12. The van der Waals surface area contributed by atoms with E-state index in [1.807, 2.05) is 6.92 Å². The van der Waals surface area contributed by atoms with Gasteiger partial charge in [-0.3, -0.25) is 0 Å². The van der Waals surface area contributed by atoms with E-state index in [2.05, 4.69) is 85.0 Å². The van der Waals surface area contributed by atoms with Gasteiger partial charge in [-0.2, -0.15) is 0 Å². The molecule has 3 aliphatic carbocycles. The summed E-state index contributed by atoms with van der Waals surface area (Å²) in [6.45, 7) is 1.95. The van der Waals surface area contributed by atoms with Crippen LogP contribution in [-0.4, -0.2) is 15.0 Å². The Bertz CT molecular complexity index is 1210. The van der Waals surface area contributed by atoms with Gasteiger partial charge >= 0.3 is 0 Å². The molecule has 3 aliphatic rings. The van der Waals surface area contributed by atoms with Crippen LogP contribution in [0.2, 0.25) is 0 Å². The summed E-state index contributed by atoms with van der Waals surface area (Å²) in [7, 11) is 0. The second-order valence-electron chi connectivity index (χ2n) is 7.54. The molecular formula is C27H23N3. The number of fused-ring (bicyclic) bond motifs is 1. The SMILES string of the molecule is Cc1nc(C2=CCC=CC3=C2C=CCC=C3)nc(C2=CCC=Cc3ccccc32)n1. The average Bonchev–Trinajstić information content (AvgIpc) is 3.19. The maximum atomic E-state index is 4.98. The van der Waals surface area contributed by atoms with Gasteiger partial charge in [-0.25, -0.2) is 15.0 Å². The van der Waals surface area contributed by atoms with Gasteiger partial charge in [0.1, 0.15) is 5.82 Å². The topological polar surface area (TPSA) is 38.7 Å². The van der Waals surface area contributed by atoms with Crippen LogP contribution in [0.5, 0.6) is 0 Å². The van der Waals surface area contributed by atoms with Gasteiger partial charge < -0.3 is 0 Å². The lowest BCUT2D eigenvalue weighted by Crippen LogP contribution is -2.07. The van der Waals surface area contributed by atoms with Crippen LogP contribution < -0.4 is 0 Å². The largest absolute Gasteiger partial charge is 0.213 e. The zero-order chi connectivity index (χ0) is 20.3. The second kappa shape index (κ2) is 8.03. The van der Waals surface area contributed by atoms with Crippen molar-refractivity contribution >= 4 is 17.2 Å². The predicted molar refractivity (Wildman–Crippen MR) is 123 cm³/mol. The summed E-state index contributed by atoms with van der Waals surface area (Å²) in [6, 6.07) is 8.42. The lowest BCUT2D eigenvalue weighted by Gasteiger charge is -2.13. The zero-order valence-electron chi connectivity index (χ0n) is 17.0. The van der Waals surface area contributed by atoms with Crippen molar-refractivity contribution in [2.45, 2.75) is 26.2 Å². The zero-order valence-corrected chi connectivity index (χ0v) is 17.0. The van der Waals surface area contributed by atoms with Gasteiger partial charge in [0.2, 0.25) is 0 Å². The van der Waals surface area contributed by atoms with E-state index in [9.17, 15) is 0 Å². The van der Waals surface area contributed by atoms with Gasteiger partial charge in [-0.15, -0.1) is 0 Å². The summed E-state index contributed by atoms with van der Waals surface area (Å²) >= 11 is 0. The van der Waals surface area contributed by atoms with Crippen LogP contribution in [0.1, 0.15) is 47.9 Å². The molecule has 0 bridgehead atoms. The standard InChI is InChI=1S/C27H23N3/c1-19-28-26(24-17-9-6-13-20-11-3-2-4-15-22(20)24)30-27(29-19)25-18-10-7-14-21-12-5-8-16-23(21)25/h3-8,11-18H,2,9-10H2,1H3. The van der Waals surface area contributed by atoms with E-state index in [1.54, 1.807) is 0 Å². The highest BCUT2D eigenvalue weighted by Gasteiger charge is 2.19. The molecule has 1 heterocycles. The number of hydrogen-bond acceptors (Lipinski definition) is 3. The first kappa shape index (κ1) is 18.4. The maximum Gasteiger partial charge on any atom is 0.164 e. The van der Waals surface area contributed by atoms with Crippen molar-refractivity contribution < 1.29 is 0 Å². The summed E-state index contributed by atoms with van der Waals surface area (Å²) < 4.78 is 0. The van der Waals surface area contributed by atoms with Crippen LogP contribution in [0.15, 0.2) is 90.1 Å². The Morgan fingerprint density at radius 1 is 0.667 bits per heavy atom. The Morgan fingerprint density at radius 2 is 1.33 bits per heavy atom. The highest BCUT2D eigenvalue weighted by atomic mass is 15.0. The number of nitrogens with zero attached hydrogens (tertiary/aromatic N) is 3. The van der Waals surface area contributed by atoms with Crippen LogP contribution in [0.4, 0.5) is 0 Å². The molecule has 0 N–H and O–H groups in total. The van der Waals surface area contributed by atoms with Crippen LogP contribution in [0.25, 0.3) is 17.2 Å². The Balaban J connectivity index is 1.65. The molecule has 0 fully saturated rings. The fourth-order valence-corrected chi connectivity index (χ4v) is 4.05. The Hall–Kier alpha value is -3.59. The Kier molecular flexibility index (Phi) is 4.94. The predicted octanol–water partition coefficient (Wildman–Crippen LogP) is 6.18. The lowest BCUT2D eigenvalue weighted by atomic mass is 9.98. The number of rotatable bonds is 2. The highest BCUT2D eigenvalue weighted by molar-refractivity contribution is 5.85. The molecule has 0 spiro atoms. The molecule has 0 saturated heterocycles. The number of hydrogen-bond donors (Lipinski definition) is 0. The first-order valence-corrected chi connectivity index (χ1v) is 10.4. The Labute approximate surface area is 177 Å². The van der Waals surface area contributed by atoms with Crippen LogP contribution >= 0.6 is 0 Å². The second-order valence-corrected chi connectivity index (χ2v) is 7.54. The van der Waals surface area contributed by atoms with Crippen molar-refractivity contribution in [2.75, 3.05) is 0 Å². The van der Waals surface area contributed by atoms with Crippen molar-refractivity contribution in [3.8, 4) is 0 Å². The van der Waals surface area contributed by atoms with E-state index in [-0.39, 0.29) is 0 Å². The van der Waals surface area contributed by atoms with E-state index >= 15 is 0 Å². The molecule has 0 aliphatic heterocycles. The molecule has 3 heteroatoms. The number of benzene rings is 1. The summed E-state index contributed by atoms with van der Waals surface area (Å²) in [5, 5.41) is 0. The molecule has 3 nitrogen and oxygen atoms in total. The molecule has 0 radical (unpaired) electrons. The van der Waals surface area contributed by atoms with Crippen LogP contribution in [0, 0.1) is 6.92 Å². The van der Waals surface area contributed by atoms with Crippen molar-refractivity contribution in [3.63, 3.8) is 0 Å². The average molecular weight is 390 g/mol. The molecule has 0 atom stereocenters. The Morgan fingerprint density at radius 3 is 2.20 bits per heavy atom. The first-order valence-electron chi connectivity index (χ1n) is 10.4. The summed E-state index contributed by atoms with van der Waals surface area (Å²) in [4.78, 5) is 14.4. The molecule has 5 rings (SSSR count). The van der Waals surface area contributed by atoms with Gasteiger partial charge in [0.15, 0.2) is 11.6 Å². The molecule has 2 aromatic rings. The van der Waals surface area contributed by atoms with E-state index in [1.165, 1.54) is 16.7 Å². The third-order valence-corrected chi connectivity index (χ3v) is 5.45. The molecule has 0 unspecified atom stereocenters. The molecule has 1 aromatic carbocycles. The number of aromatic nitrogens is 3. The van der Waals surface area contributed by atoms with Crippen molar-refractivity contribution in [2.24, 2.45) is 0 Å². The third-order valence-electron chi connectivity index (χ3n) is 5.45. The highest BCUT2D eigenvalue weighted by Crippen LogP contribution is 2.32. The van der Waals surface area contributed by atoms with Gasteiger partial charge in [-0.05, 0) is 48.5 Å². The minimum absolute atomic E-state index is 0.735. The van der Waals surface area contributed by atoms with E-state index in [0.717, 1.165) is 53.4 Å². The minimum Gasteiger partial charge on any atom is -0.213 e. The molecule has 30 heavy (non-hydrogen) atoms. The van der Waals surface area contributed by atoms with Crippen molar-refractivity contribution in [1.82, 2.24) is 15.0 Å². The molecule has 0 saturated carbocycles. The quantitative estimate of drug-likeness (QED) is 0.615. The summed E-state index contributed by atoms with van der Waals surface area (Å²) in [6.07, 6.45) is 24.6. The molecule has 146 valence electrons. The fraction of sp³-hybridized carbons (Fsp3) is 0.148. The van der Waals surface area contributed by atoms with Crippen molar-refractivity contribution in [1.29, 1.82) is 0 Å². The maximum absolute atomic E-state index is 4.98. The smallest absolute Gasteiger partial charge is 0.164 e. The van der Waals surface area contributed by atoms with E-state index in [4.69, 9.17) is 15.0 Å². The van der Waals surface area contributed by atoms with Gasteiger partial charge in [0.05, 0.1) is 0 Å².